The molecule has 1 atom stereocenters. The molecule has 190 valence electrons. The molecule has 6 nitrogen and oxygen atoms in total. The van der Waals surface area contributed by atoms with E-state index in [1.165, 1.54) is 16.5 Å². The first kappa shape index (κ1) is 23.7. The Bertz CT molecular complexity index is 1500. The summed E-state index contributed by atoms with van der Waals surface area (Å²) in [6.45, 7) is 2.17. The van der Waals surface area contributed by atoms with Crippen LogP contribution in [0.5, 0.6) is 5.75 Å². The number of aromatic nitrogens is 1. The minimum Gasteiger partial charge on any atom is -0.497 e. The highest BCUT2D eigenvalue weighted by atomic mass is 32.1. The molecule has 0 spiro atoms. The number of halogens is 2. The minimum absolute atomic E-state index is 0.0652. The Morgan fingerprint density at radius 2 is 1.95 bits per heavy atom. The third-order valence-corrected chi connectivity index (χ3v) is 8.36. The van der Waals surface area contributed by atoms with Crippen LogP contribution in [0.2, 0.25) is 0 Å². The number of hydrogen-bond acceptors (Lipinski definition) is 4. The summed E-state index contributed by atoms with van der Waals surface area (Å²) in [4.78, 5) is 19.2. The van der Waals surface area contributed by atoms with Crippen LogP contribution in [-0.4, -0.2) is 41.1 Å². The zero-order chi connectivity index (χ0) is 25.7. The number of anilines is 1. The Morgan fingerprint density at radius 1 is 1.08 bits per heavy atom. The molecule has 2 aromatic heterocycles. The van der Waals surface area contributed by atoms with Gasteiger partial charge in [-0.25, -0.2) is 13.6 Å². The van der Waals surface area contributed by atoms with E-state index in [0.717, 1.165) is 53.5 Å². The number of rotatable bonds is 3. The molecule has 0 saturated heterocycles. The van der Waals surface area contributed by atoms with E-state index >= 15 is 0 Å². The van der Waals surface area contributed by atoms with Crippen LogP contribution >= 0.6 is 11.3 Å². The van der Waals surface area contributed by atoms with E-state index < -0.39 is 23.7 Å². The summed E-state index contributed by atoms with van der Waals surface area (Å²) in [7, 11) is 3.72. The van der Waals surface area contributed by atoms with E-state index in [9.17, 15) is 13.6 Å². The molecule has 6 rings (SSSR count). The number of amides is 2. The van der Waals surface area contributed by atoms with Gasteiger partial charge >= 0.3 is 6.03 Å². The maximum absolute atomic E-state index is 14.5. The quantitative estimate of drug-likeness (QED) is 0.363. The van der Waals surface area contributed by atoms with E-state index in [0.29, 0.717) is 12.3 Å². The number of carbonyl (C=O) groups is 1. The molecule has 0 saturated carbocycles. The molecule has 1 unspecified atom stereocenters. The Balaban J connectivity index is 1.50. The van der Waals surface area contributed by atoms with Crippen LogP contribution in [0, 0.1) is 11.6 Å². The van der Waals surface area contributed by atoms with Crippen LogP contribution in [-0.2, 0) is 19.5 Å². The summed E-state index contributed by atoms with van der Waals surface area (Å²) >= 11 is 1.77. The Hall–Kier alpha value is -3.69. The van der Waals surface area contributed by atoms with Gasteiger partial charge < -0.3 is 24.4 Å². The maximum atomic E-state index is 14.5. The molecular weight excluding hydrogens is 494 g/mol. The summed E-state index contributed by atoms with van der Waals surface area (Å²) in [6.07, 6.45) is 2.94. The Labute approximate surface area is 217 Å². The molecule has 1 N–H and O–H groups in total. The van der Waals surface area contributed by atoms with Gasteiger partial charge in [-0.3, -0.25) is 0 Å². The lowest BCUT2D eigenvalue weighted by molar-refractivity contribution is 0.194. The monoisotopic (exact) mass is 520 g/mol. The number of fused-ring (bicyclic) bond motifs is 5. The van der Waals surface area contributed by atoms with Gasteiger partial charge in [0.15, 0.2) is 0 Å². The van der Waals surface area contributed by atoms with E-state index in [1.54, 1.807) is 23.3 Å². The molecule has 2 aliphatic rings. The van der Waals surface area contributed by atoms with Crippen molar-refractivity contribution in [1.82, 2.24) is 14.4 Å². The summed E-state index contributed by atoms with van der Waals surface area (Å²) in [6, 6.07) is 13.9. The first-order chi connectivity index (χ1) is 17.9. The van der Waals surface area contributed by atoms with Crippen LogP contribution < -0.4 is 10.1 Å². The number of thiophene rings is 1. The number of ether oxygens (including phenoxy) is 1. The van der Waals surface area contributed by atoms with Gasteiger partial charge in [0.05, 0.1) is 31.1 Å². The fourth-order valence-electron chi connectivity index (χ4n) is 5.29. The summed E-state index contributed by atoms with van der Waals surface area (Å²) in [5, 5.41) is 3.80. The molecule has 2 aromatic carbocycles. The zero-order valence-electron chi connectivity index (χ0n) is 20.5. The molecule has 0 radical (unpaired) electrons. The molecule has 37 heavy (non-hydrogen) atoms. The second-order valence-electron chi connectivity index (χ2n) is 9.44. The van der Waals surface area contributed by atoms with Crippen molar-refractivity contribution in [2.45, 2.75) is 25.6 Å². The Kier molecular flexibility index (Phi) is 5.97. The normalized spacial score (nSPS) is 17.0. The SMILES string of the molecule is COc1cccc(C2c3cccn3-c3sc4c(c3CN2C(=O)Nc2ccc(F)cc2F)CCN(C)C4)c1. The molecule has 4 heterocycles. The molecule has 2 amide bonds. The van der Waals surface area contributed by atoms with Crippen LogP contribution in [0.4, 0.5) is 19.3 Å². The molecular formula is C28H26F2N4O2S. The van der Waals surface area contributed by atoms with Crippen molar-refractivity contribution in [2.24, 2.45) is 0 Å². The fourth-order valence-corrected chi connectivity index (χ4v) is 6.73. The van der Waals surface area contributed by atoms with Crippen LogP contribution in [0.25, 0.3) is 5.00 Å². The second-order valence-corrected chi connectivity index (χ2v) is 10.5. The van der Waals surface area contributed by atoms with Crippen molar-refractivity contribution in [3.8, 4) is 10.8 Å². The lowest BCUT2D eigenvalue weighted by Crippen LogP contribution is -2.38. The molecule has 0 bridgehead atoms. The van der Waals surface area contributed by atoms with Gasteiger partial charge in [0.2, 0.25) is 0 Å². The number of methoxy groups -OCH3 is 1. The third kappa shape index (κ3) is 4.18. The topological polar surface area (TPSA) is 49.7 Å². The summed E-state index contributed by atoms with van der Waals surface area (Å²) in [5.41, 5.74) is 4.14. The van der Waals surface area contributed by atoms with E-state index in [1.807, 2.05) is 42.6 Å². The van der Waals surface area contributed by atoms with Gasteiger partial charge in [-0.1, -0.05) is 12.1 Å². The molecule has 0 aliphatic carbocycles. The second kappa shape index (κ2) is 9.32. The highest BCUT2D eigenvalue weighted by Crippen LogP contribution is 2.44. The first-order valence-electron chi connectivity index (χ1n) is 12.1. The number of nitrogens with one attached hydrogen (secondary N) is 1. The summed E-state index contributed by atoms with van der Waals surface area (Å²) < 4.78 is 35.7. The van der Waals surface area contributed by atoms with Gasteiger partial charge in [0.25, 0.3) is 0 Å². The number of nitrogens with zero attached hydrogens (tertiary/aromatic N) is 3. The minimum atomic E-state index is -0.818. The van der Waals surface area contributed by atoms with Gasteiger partial charge in [-0.05, 0) is 61.0 Å². The van der Waals surface area contributed by atoms with Crippen molar-refractivity contribution >= 4 is 23.1 Å². The van der Waals surface area contributed by atoms with Crippen molar-refractivity contribution in [3.05, 3.63) is 99.7 Å². The van der Waals surface area contributed by atoms with Crippen LogP contribution in [0.3, 0.4) is 0 Å². The predicted molar refractivity (Wildman–Crippen MR) is 139 cm³/mol. The molecule has 4 aromatic rings. The Morgan fingerprint density at radius 3 is 2.76 bits per heavy atom. The van der Waals surface area contributed by atoms with Gasteiger partial charge in [0.1, 0.15) is 22.4 Å². The van der Waals surface area contributed by atoms with E-state index in [2.05, 4.69) is 21.8 Å². The van der Waals surface area contributed by atoms with Crippen molar-refractivity contribution < 1.29 is 18.3 Å². The highest BCUT2D eigenvalue weighted by molar-refractivity contribution is 7.15. The maximum Gasteiger partial charge on any atom is 0.323 e. The van der Waals surface area contributed by atoms with Crippen LogP contribution in [0.1, 0.15) is 33.3 Å². The smallest absolute Gasteiger partial charge is 0.323 e. The fraction of sp³-hybridized carbons (Fsp3) is 0.250. The number of likely N-dealkylation sites (N-methyl/N-ethyl adjacent to an activating group) is 1. The molecule has 9 heteroatoms. The van der Waals surface area contributed by atoms with Crippen LogP contribution in [0.15, 0.2) is 60.8 Å². The van der Waals surface area contributed by atoms with Crippen molar-refractivity contribution in [3.63, 3.8) is 0 Å². The molecule has 0 fully saturated rings. The molecule has 2 aliphatic heterocycles. The lowest BCUT2D eigenvalue weighted by Gasteiger charge is -2.32. The largest absolute Gasteiger partial charge is 0.497 e. The summed E-state index contributed by atoms with van der Waals surface area (Å²) in [5.74, 6) is -0.835. The van der Waals surface area contributed by atoms with Gasteiger partial charge in [-0.2, -0.15) is 0 Å². The van der Waals surface area contributed by atoms with E-state index in [4.69, 9.17) is 4.74 Å². The lowest BCUT2D eigenvalue weighted by atomic mass is 10.00. The van der Waals surface area contributed by atoms with Crippen molar-refractivity contribution in [2.75, 3.05) is 26.0 Å². The standard InChI is InChI=1S/C28H26F2N4O2S/c1-32-12-10-20-21-15-34(28(35)31-23-9-8-18(29)14-22(23)30)26(17-5-3-6-19(13-17)36-2)24-7-4-11-33(24)27(21)37-25(20)16-32/h3-9,11,13-14,26H,10,12,15-16H2,1-2H3,(H,31,35). The number of benzene rings is 2. The van der Waals surface area contributed by atoms with E-state index in [-0.39, 0.29) is 5.69 Å². The number of hydrogen-bond donors (Lipinski definition) is 1. The van der Waals surface area contributed by atoms with Gasteiger partial charge in [0, 0.05) is 35.8 Å². The van der Waals surface area contributed by atoms with Crippen molar-refractivity contribution in [1.29, 1.82) is 0 Å². The average molecular weight is 521 g/mol. The number of carbonyl (C=O) groups excluding carboxylic acids is 1. The average Bonchev–Trinajstić information content (AvgIpc) is 3.47. The first-order valence-corrected chi connectivity index (χ1v) is 12.9. The third-order valence-electron chi connectivity index (χ3n) is 7.10. The number of urea groups is 1. The zero-order valence-corrected chi connectivity index (χ0v) is 21.3. The van der Waals surface area contributed by atoms with Gasteiger partial charge in [-0.15, -0.1) is 11.3 Å². The highest BCUT2D eigenvalue weighted by Gasteiger charge is 2.36. The predicted octanol–water partition coefficient (Wildman–Crippen LogP) is 5.95.